The predicted octanol–water partition coefficient (Wildman–Crippen LogP) is 2.98. The summed E-state index contributed by atoms with van der Waals surface area (Å²) in [7, 11) is -3.52. The van der Waals surface area contributed by atoms with Gasteiger partial charge in [0.05, 0.1) is 4.90 Å². The standard InChI is InChI=1S/C13H19BrN2O2S2/c1-19-12-5-3-2-4-11(12)16-20(17,18)13-7-6-9(15)8-10(13)14/h6-8,11-12,16H,2-5,15H2,1H3. The topological polar surface area (TPSA) is 72.2 Å². The maximum atomic E-state index is 12.5. The lowest BCUT2D eigenvalue weighted by Gasteiger charge is -2.30. The molecule has 1 aliphatic rings. The Labute approximate surface area is 133 Å². The first kappa shape index (κ1) is 16.1. The summed E-state index contributed by atoms with van der Waals surface area (Å²) in [5.41, 5.74) is 6.19. The normalized spacial score (nSPS) is 23.7. The molecule has 0 radical (unpaired) electrons. The number of hydrogen-bond donors (Lipinski definition) is 2. The zero-order chi connectivity index (χ0) is 14.8. The average Bonchev–Trinajstić information content (AvgIpc) is 2.38. The van der Waals surface area contributed by atoms with Crippen molar-refractivity contribution in [1.29, 1.82) is 0 Å². The molecule has 2 unspecified atom stereocenters. The Bertz CT molecular complexity index is 578. The first-order valence-corrected chi connectivity index (χ1v) is 10.1. The Balaban J connectivity index is 2.22. The van der Waals surface area contributed by atoms with Crippen LogP contribution in [-0.4, -0.2) is 26.0 Å². The molecule has 20 heavy (non-hydrogen) atoms. The Morgan fingerprint density at radius 2 is 2.05 bits per heavy atom. The van der Waals surface area contributed by atoms with Crippen LogP contribution in [0.25, 0.3) is 0 Å². The highest BCUT2D eigenvalue weighted by Crippen LogP contribution is 2.30. The van der Waals surface area contributed by atoms with Crippen molar-refractivity contribution in [2.45, 2.75) is 41.9 Å². The summed E-state index contributed by atoms with van der Waals surface area (Å²) >= 11 is 5.01. The monoisotopic (exact) mass is 378 g/mol. The van der Waals surface area contributed by atoms with E-state index >= 15 is 0 Å². The number of anilines is 1. The molecule has 1 aromatic carbocycles. The molecule has 0 aromatic heterocycles. The van der Waals surface area contributed by atoms with Gasteiger partial charge in [-0.05, 0) is 53.2 Å². The van der Waals surface area contributed by atoms with Gasteiger partial charge in [-0.3, -0.25) is 0 Å². The maximum Gasteiger partial charge on any atom is 0.241 e. The third-order valence-corrected chi connectivity index (χ3v) is 7.19. The fourth-order valence-electron chi connectivity index (χ4n) is 2.51. The van der Waals surface area contributed by atoms with Crippen LogP contribution in [0, 0.1) is 0 Å². The average molecular weight is 379 g/mol. The van der Waals surface area contributed by atoms with Crippen LogP contribution in [0.15, 0.2) is 27.6 Å². The summed E-state index contributed by atoms with van der Waals surface area (Å²) in [5.74, 6) is 0. The van der Waals surface area contributed by atoms with Crippen LogP contribution in [0.2, 0.25) is 0 Å². The zero-order valence-corrected chi connectivity index (χ0v) is 14.5. The molecular weight excluding hydrogens is 360 g/mol. The molecule has 0 spiro atoms. The summed E-state index contributed by atoms with van der Waals surface area (Å²) in [5, 5.41) is 0.353. The van der Waals surface area contributed by atoms with Crippen molar-refractivity contribution >= 4 is 43.4 Å². The van der Waals surface area contributed by atoms with Gasteiger partial charge < -0.3 is 5.73 Å². The lowest BCUT2D eigenvalue weighted by Crippen LogP contribution is -2.43. The number of sulfonamides is 1. The second kappa shape index (κ2) is 6.68. The number of nitrogens with two attached hydrogens (primary N) is 1. The minimum absolute atomic E-state index is 0.00760. The largest absolute Gasteiger partial charge is 0.399 e. The number of hydrogen-bond acceptors (Lipinski definition) is 4. The van der Waals surface area contributed by atoms with Crippen LogP contribution in [0.3, 0.4) is 0 Å². The summed E-state index contributed by atoms with van der Waals surface area (Å²) in [6, 6.07) is 4.76. The van der Waals surface area contributed by atoms with E-state index in [9.17, 15) is 8.42 Å². The van der Waals surface area contributed by atoms with Gasteiger partial charge in [0.2, 0.25) is 10.0 Å². The smallest absolute Gasteiger partial charge is 0.241 e. The van der Waals surface area contributed by atoms with E-state index in [-0.39, 0.29) is 10.9 Å². The minimum atomic E-state index is -3.52. The predicted molar refractivity (Wildman–Crippen MR) is 88.4 cm³/mol. The zero-order valence-electron chi connectivity index (χ0n) is 11.3. The van der Waals surface area contributed by atoms with Gasteiger partial charge in [-0.15, -0.1) is 0 Å². The highest BCUT2D eigenvalue weighted by molar-refractivity contribution is 9.10. The van der Waals surface area contributed by atoms with E-state index in [0.717, 1.165) is 19.3 Å². The number of rotatable bonds is 4. The van der Waals surface area contributed by atoms with Gasteiger partial charge in [-0.1, -0.05) is 12.8 Å². The lowest BCUT2D eigenvalue weighted by atomic mass is 9.96. The summed E-state index contributed by atoms with van der Waals surface area (Å²) in [4.78, 5) is 0.247. The fraction of sp³-hybridized carbons (Fsp3) is 0.538. The number of nitrogens with one attached hydrogen (secondary N) is 1. The highest BCUT2D eigenvalue weighted by atomic mass is 79.9. The first-order chi connectivity index (χ1) is 9.44. The minimum Gasteiger partial charge on any atom is -0.399 e. The summed E-state index contributed by atoms with van der Waals surface area (Å²) in [6.45, 7) is 0. The quantitative estimate of drug-likeness (QED) is 0.789. The van der Waals surface area contributed by atoms with Crippen molar-refractivity contribution in [3.8, 4) is 0 Å². The third kappa shape index (κ3) is 3.69. The second-order valence-corrected chi connectivity index (χ2v) is 8.59. The van der Waals surface area contributed by atoms with Gasteiger partial charge >= 0.3 is 0 Å². The van der Waals surface area contributed by atoms with Crippen molar-refractivity contribution in [3.63, 3.8) is 0 Å². The number of benzene rings is 1. The summed E-state index contributed by atoms with van der Waals surface area (Å²) in [6.07, 6.45) is 6.26. The Morgan fingerprint density at radius 3 is 2.70 bits per heavy atom. The molecule has 0 heterocycles. The van der Waals surface area contributed by atoms with Gasteiger partial charge in [0.25, 0.3) is 0 Å². The molecule has 7 heteroatoms. The van der Waals surface area contributed by atoms with Gasteiger partial charge in [-0.25, -0.2) is 13.1 Å². The van der Waals surface area contributed by atoms with E-state index in [0.29, 0.717) is 15.4 Å². The van der Waals surface area contributed by atoms with Crippen LogP contribution < -0.4 is 10.5 Å². The molecule has 2 atom stereocenters. The lowest BCUT2D eigenvalue weighted by molar-refractivity contribution is 0.423. The SMILES string of the molecule is CSC1CCCCC1NS(=O)(=O)c1ccc(N)cc1Br. The van der Waals surface area contributed by atoms with Crippen LogP contribution in [0.4, 0.5) is 5.69 Å². The van der Waals surface area contributed by atoms with E-state index in [1.807, 2.05) is 6.26 Å². The molecule has 3 N–H and O–H groups in total. The van der Waals surface area contributed by atoms with E-state index < -0.39 is 10.0 Å². The van der Waals surface area contributed by atoms with Crippen molar-refractivity contribution in [2.75, 3.05) is 12.0 Å². The molecule has 0 amide bonds. The second-order valence-electron chi connectivity index (χ2n) is 4.98. The van der Waals surface area contributed by atoms with Gasteiger partial charge in [-0.2, -0.15) is 11.8 Å². The molecule has 0 saturated heterocycles. The van der Waals surface area contributed by atoms with E-state index in [2.05, 4.69) is 20.7 Å². The molecule has 1 fully saturated rings. The highest BCUT2D eigenvalue weighted by Gasteiger charge is 2.29. The van der Waals surface area contributed by atoms with E-state index in [1.54, 1.807) is 30.0 Å². The van der Waals surface area contributed by atoms with Gasteiger partial charge in [0, 0.05) is 21.5 Å². The molecule has 112 valence electrons. The number of nitrogen functional groups attached to an aromatic ring is 1. The molecule has 0 aliphatic heterocycles. The van der Waals surface area contributed by atoms with E-state index in [4.69, 9.17) is 5.73 Å². The third-order valence-electron chi connectivity index (χ3n) is 3.56. The molecule has 1 aromatic rings. The fourth-order valence-corrected chi connectivity index (χ4v) is 5.94. The molecule has 1 aliphatic carbocycles. The Kier molecular flexibility index (Phi) is 5.39. The van der Waals surface area contributed by atoms with Gasteiger partial charge in [0.1, 0.15) is 0 Å². The Hall–Kier alpha value is -0.240. The number of halogens is 1. The molecular formula is C13H19BrN2O2S2. The molecule has 2 rings (SSSR count). The van der Waals surface area contributed by atoms with E-state index in [1.165, 1.54) is 6.42 Å². The molecule has 0 bridgehead atoms. The maximum absolute atomic E-state index is 12.5. The van der Waals surface area contributed by atoms with Crippen LogP contribution in [0.1, 0.15) is 25.7 Å². The Morgan fingerprint density at radius 1 is 1.35 bits per heavy atom. The van der Waals surface area contributed by atoms with Crippen molar-refractivity contribution in [3.05, 3.63) is 22.7 Å². The van der Waals surface area contributed by atoms with Crippen LogP contribution in [-0.2, 0) is 10.0 Å². The summed E-state index contributed by atoms with van der Waals surface area (Å²) < 4.78 is 28.4. The molecule has 1 saturated carbocycles. The van der Waals surface area contributed by atoms with Crippen LogP contribution >= 0.6 is 27.7 Å². The van der Waals surface area contributed by atoms with Crippen molar-refractivity contribution in [1.82, 2.24) is 4.72 Å². The molecule has 4 nitrogen and oxygen atoms in total. The van der Waals surface area contributed by atoms with Crippen molar-refractivity contribution < 1.29 is 8.42 Å². The first-order valence-electron chi connectivity index (χ1n) is 6.54. The van der Waals surface area contributed by atoms with Crippen LogP contribution in [0.5, 0.6) is 0 Å². The van der Waals surface area contributed by atoms with Gasteiger partial charge in [0.15, 0.2) is 0 Å². The number of thioether (sulfide) groups is 1. The van der Waals surface area contributed by atoms with Crippen molar-refractivity contribution in [2.24, 2.45) is 0 Å².